The lowest BCUT2D eigenvalue weighted by Gasteiger charge is -2.20. The Morgan fingerprint density at radius 2 is 1.59 bits per heavy atom. The predicted molar refractivity (Wildman–Crippen MR) is 67.0 cm³/mol. The summed E-state index contributed by atoms with van der Waals surface area (Å²) in [6.45, 7) is 5.95. The topological polar surface area (TPSA) is 78.4 Å². The number of rotatable bonds is 8. The van der Waals surface area contributed by atoms with Crippen molar-refractivity contribution in [2.75, 3.05) is 0 Å². The van der Waals surface area contributed by atoms with Crippen LogP contribution in [0.1, 0.15) is 52.9 Å². The Kier molecular flexibility index (Phi) is 8.19. The van der Waals surface area contributed by atoms with Crippen molar-refractivity contribution >= 4 is 12.0 Å². The molecule has 5 heteroatoms. The lowest BCUT2D eigenvalue weighted by atomic mass is 10.1. The third kappa shape index (κ3) is 7.60. The van der Waals surface area contributed by atoms with Gasteiger partial charge in [-0.15, -0.1) is 0 Å². The second-order valence-corrected chi connectivity index (χ2v) is 4.21. The Bertz CT molecular complexity index is 244. The molecule has 0 bridgehead atoms. The molecule has 100 valence electrons. The van der Waals surface area contributed by atoms with Crippen LogP contribution in [0.25, 0.3) is 0 Å². The minimum absolute atomic E-state index is 0.0332. The molecule has 0 aliphatic carbocycles. The predicted octanol–water partition coefficient (Wildman–Crippen LogP) is 2.12. The number of hydrogen-bond donors (Lipinski definition) is 3. The smallest absolute Gasteiger partial charge is 0.315 e. The van der Waals surface area contributed by atoms with Crippen molar-refractivity contribution in [3.63, 3.8) is 0 Å². The average molecular weight is 244 g/mol. The van der Waals surface area contributed by atoms with Gasteiger partial charge in [-0.3, -0.25) is 4.79 Å². The summed E-state index contributed by atoms with van der Waals surface area (Å²) in [5.74, 6) is -0.891. The fourth-order valence-corrected chi connectivity index (χ4v) is 1.65. The van der Waals surface area contributed by atoms with Crippen LogP contribution in [-0.4, -0.2) is 29.2 Å². The molecule has 0 radical (unpaired) electrons. The highest BCUT2D eigenvalue weighted by molar-refractivity contribution is 5.76. The van der Waals surface area contributed by atoms with Gasteiger partial charge in [0.15, 0.2) is 0 Å². The van der Waals surface area contributed by atoms with Gasteiger partial charge in [0.1, 0.15) is 0 Å². The summed E-state index contributed by atoms with van der Waals surface area (Å²) in [6, 6.07) is -0.396. The Morgan fingerprint density at radius 1 is 1.06 bits per heavy atom. The van der Waals surface area contributed by atoms with Crippen LogP contribution in [0.3, 0.4) is 0 Å². The van der Waals surface area contributed by atoms with E-state index in [1.165, 1.54) is 0 Å². The number of carbonyl (C=O) groups excluding carboxylic acids is 1. The number of amides is 2. The third-order valence-electron chi connectivity index (χ3n) is 2.71. The molecule has 5 nitrogen and oxygen atoms in total. The number of carboxylic acid groups (broad SMARTS) is 1. The van der Waals surface area contributed by atoms with E-state index in [0.717, 1.165) is 19.3 Å². The van der Waals surface area contributed by atoms with Crippen LogP contribution in [-0.2, 0) is 4.79 Å². The normalized spacial score (nSPS) is 13.8. The van der Waals surface area contributed by atoms with Crippen LogP contribution in [0.15, 0.2) is 0 Å². The van der Waals surface area contributed by atoms with Crippen LogP contribution in [0.2, 0.25) is 0 Å². The molecule has 0 fully saturated rings. The van der Waals surface area contributed by atoms with Gasteiger partial charge in [0.05, 0.1) is 6.42 Å². The molecule has 3 N–H and O–H groups in total. The first-order chi connectivity index (χ1) is 8.03. The molecule has 0 saturated heterocycles. The maximum Gasteiger partial charge on any atom is 0.315 e. The van der Waals surface area contributed by atoms with Gasteiger partial charge in [0.25, 0.3) is 0 Å². The van der Waals surface area contributed by atoms with E-state index in [1.54, 1.807) is 0 Å². The molecule has 0 aromatic carbocycles. The summed E-state index contributed by atoms with van der Waals surface area (Å²) in [5, 5.41) is 14.2. The molecule has 0 heterocycles. The first-order valence-corrected chi connectivity index (χ1v) is 6.32. The second-order valence-electron chi connectivity index (χ2n) is 4.21. The van der Waals surface area contributed by atoms with E-state index in [-0.39, 0.29) is 24.5 Å². The number of hydrogen-bond acceptors (Lipinski definition) is 2. The SMILES string of the molecule is CCCC(CC)NC(=O)NC(CC)CC(=O)O. The van der Waals surface area contributed by atoms with Crippen LogP contribution in [0, 0.1) is 0 Å². The largest absolute Gasteiger partial charge is 0.481 e. The average Bonchev–Trinajstić information content (AvgIpc) is 2.26. The molecule has 0 rings (SSSR count). The molecule has 0 aliphatic heterocycles. The van der Waals surface area contributed by atoms with Crippen LogP contribution >= 0.6 is 0 Å². The summed E-state index contributed by atoms with van der Waals surface area (Å²) in [7, 11) is 0. The number of carbonyl (C=O) groups is 2. The highest BCUT2D eigenvalue weighted by Gasteiger charge is 2.15. The van der Waals surface area contributed by atoms with Crippen LogP contribution < -0.4 is 10.6 Å². The van der Waals surface area contributed by atoms with E-state index >= 15 is 0 Å². The van der Waals surface area contributed by atoms with E-state index in [9.17, 15) is 9.59 Å². The number of aliphatic carboxylic acids is 1. The van der Waals surface area contributed by atoms with Gasteiger partial charge >= 0.3 is 12.0 Å². The van der Waals surface area contributed by atoms with Gasteiger partial charge < -0.3 is 15.7 Å². The van der Waals surface area contributed by atoms with Crippen LogP contribution in [0.4, 0.5) is 4.79 Å². The standard InChI is InChI=1S/C12H24N2O3/c1-4-7-9(5-2)13-12(17)14-10(6-3)8-11(15)16/h9-10H,4-8H2,1-3H3,(H,15,16)(H2,13,14,17). The van der Waals surface area contributed by atoms with Crippen molar-refractivity contribution in [2.24, 2.45) is 0 Å². The monoisotopic (exact) mass is 244 g/mol. The van der Waals surface area contributed by atoms with Crippen molar-refractivity contribution < 1.29 is 14.7 Å². The van der Waals surface area contributed by atoms with Gasteiger partial charge in [0.2, 0.25) is 0 Å². The Labute approximate surface area is 103 Å². The minimum atomic E-state index is -0.891. The molecule has 17 heavy (non-hydrogen) atoms. The van der Waals surface area contributed by atoms with Gasteiger partial charge in [0, 0.05) is 12.1 Å². The van der Waals surface area contributed by atoms with E-state index in [0.29, 0.717) is 6.42 Å². The third-order valence-corrected chi connectivity index (χ3v) is 2.71. The maximum absolute atomic E-state index is 11.6. The van der Waals surface area contributed by atoms with Crippen molar-refractivity contribution in [3.8, 4) is 0 Å². The fraction of sp³-hybridized carbons (Fsp3) is 0.833. The zero-order valence-electron chi connectivity index (χ0n) is 11.0. The van der Waals surface area contributed by atoms with Crippen molar-refractivity contribution in [1.82, 2.24) is 10.6 Å². The fourth-order valence-electron chi connectivity index (χ4n) is 1.65. The highest BCUT2D eigenvalue weighted by Crippen LogP contribution is 2.02. The van der Waals surface area contributed by atoms with Crippen molar-refractivity contribution in [1.29, 1.82) is 0 Å². The summed E-state index contributed by atoms with van der Waals surface area (Å²) in [5.41, 5.74) is 0. The molecule has 2 unspecified atom stereocenters. The lowest BCUT2D eigenvalue weighted by molar-refractivity contribution is -0.137. The molecule has 0 aromatic rings. The van der Waals surface area contributed by atoms with E-state index < -0.39 is 5.97 Å². The molecular formula is C12H24N2O3. The summed E-state index contributed by atoms with van der Waals surface area (Å²) in [4.78, 5) is 22.2. The van der Waals surface area contributed by atoms with Gasteiger partial charge in [-0.2, -0.15) is 0 Å². The van der Waals surface area contributed by atoms with E-state index in [4.69, 9.17) is 5.11 Å². The Morgan fingerprint density at radius 3 is 2.00 bits per heavy atom. The summed E-state index contributed by atoms with van der Waals surface area (Å²) in [6.07, 6.45) is 3.43. The van der Waals surface area contributed by atoms with Crippen molar-refractivity contribution in [3.05, 3.63) is 0 Å². The van der Waals surface area contributed by atoms with Gasteiger partial charge in [-0.25, -0.2) is 4.79 Å². The molecular weight excluding hydrogens is 220 g/mol. The van der Waals surface area contributed by atoms with Gasteiger partial charge in [-0.1, -0.05) is 27.2 Å². The Balaban J connectivity index is 4.08. The lowest BCUT2D eigenvalue weighted by Crippen LogP contribution is -2.46. The highest BCUT2D eigenvalue weighted by atomic mass is 16.4. The molecule has 0 spiro atoms. The molecule has 2 atom stereocenters. The van der Waals surface area contributed by atoms with Gasteiger partial charge in [-0.05, 0) is 19.3 Å². The summed E-state index contributed by atoms with van der Waals surface area (Å²) >= 11 is 0. The molecule has 2 amide bonds. The zero-order valence-corrected chi connectivity index (χ0v) is 11.0. The van der Waals surface area contributed by atoms with E-state index in [2.05, 4.69) is 17.6 Å². The number of nitrogens with one attached hydrogen (secondary N) is 2. The van der Waals surface area contributed by atoms with Crippen LogP contribution in [0.5, 0.6) is 0 Å². The summed E-state index contributed by atoms with van der Waals surface area (Å²) < 4.78 is 0. The van der Waals surface area contributed by atoms with Crippen molar-refractivity contribution in [2.45, 2.75) is 65.0 Å². The molecule has 0 aromatic heterocycles. The first kappa shape index (κ1) is 15.7. The first-order valence-electron chi connectivity index (χ1n) is 6.32. The maximum atomic E-state index is 11.6. The minimum Gasteiger partial charge on any atom is -0.481 e. The number of urea groups is 1. The zero-order chi connectivity index (χ0) is 13.3. The number of carboxylic acids is 1. The molecule has 0 aliphatic rings. The quantitative estimate of drug-likeness (QED) is 0.612. The van der Waals surface area contributed by atoms with E-state index in [1.807, 2.05) is 13.8 Å². The molecule has 0 saturated carbocycles. The Hall–Kier alpha value is -1.26. The second kappa shape index (κ2) is 8.84.